The van der Waals surface area contributed by atoms with Crippen LogP contribution in [-0.2, 0) is 0 Å². The third-order valence-corrected chi connectivity index (χ3v) is 3.13. The van der Waals surface area contributed by atoms with Crippen molar-refractivity contribution in [3.63, 3.8) is 0 Å². The van der Waals surface area contributed by atoms with Gasteiger partial charge in [0.2, 0.25) is 5.89 Å². The second-order valence-corrected chi connectivity index (χ2v) is 5.01. The highest BCUT2D eigenvalue weighted by Crippen LogP contribution is 2.24. The molecule has 7 nitrogen and oxygen atoms in total. The van der Waals surface area contributed by atoms with Gasteiger partial charge in [-0.15, -0.1) is 5.10 Å². The maximum Gasteiger partial charge on any atom is 0.322 e. The molecule has 2 heterocycles. The second kappa shape index (κ2) is 5.44. The summed E-state index contributed by atoms with van der Waals surface area (Å²) in [6.07, 6.45) is 0. The van der Waals surface area contributed by atoms with Crippen LogP contribution in [-0.4, -0.2) is 21.3 Å². The summed E-state index contributed by atoms with van der Waals surface area (Å²) in [7, 11) is 0. The minimum Gasteiger partial charge on any atom is -0.403 e. The average Bonchev–Trinajstić information content (AvgIpc) is 3.11. The molecule has 112 valence electrons. The van der Waals surface area contributed by atoms with E-state index in [2.05, 4.69) is 20.7 Å². The molecule has 3 aromatic rings. The maximum atomic E-state index is 11.9. The lowest BCUT2D eigenvalue weighted by Crippen LogP contribution is -2.12. The van der Waals surface area contributed by atoms with E-state index in [1.807, 2.05) is 32.0 Å². The Morgan fingerprint density at radius 2 is 1.95 bits per heavy atom. The number of hydrogen-bond donors (Lipinski definition) is 1. The zero-order valence-electron chi connectivity index (χ0n) is 12.4. The van der Waals surface area contributed by atoms with E-state index in [1.54, 1.807) is 6.92 Å². The van der Waals surface area contributed by atoms with Gasteiger partial charge >= 0.3 is 6.01 Å². The van der Waals surface area contributed by atoms with E-state index in [9.17, 15) is 4.79 Å². The lowest BCUT2D eigenvalue weighted by Gasteiger charge is -2.01. The minimum atomic E-state index is -0.465. The quantitative estimate of drug-likeness (QED) is 0.799. The molecule has 1 amide bonds. The molecule has 1 aromatic carbocycles. The highest BCUT2D eigenvalue weighted by Gasteiger charge is 2.16. The molecule has 0 saturated carbocycles. The monoisotopic (exact) mass is 298 g/mol. The standard InChI is InChI=1S/C15H14N4O3/c1-8-4-5-9(2)11(6-8)14-17-18-15(21-14)16-13(20)12-7-10(3)22-19-12/h4-7H,1-3H3,(H,16,18,20). The number of nitrogens with zero attached hydrogens (tertiary/aromatic N) is 3. The van der Waals surface area contributed by atoms with Gasteiger partial charge in [-0.3, -0.25) is 10.1 Å². The minimum absolute atomic E-state index is 0.0153. The Morgan fingerprint density at radius 3 is 2.68 bits per heavy atom. The first-order chi connectivity index (χ1) is 10.5. The van der Waals surface area contributed by atoms with E-state index in [4.69, 9.17) is 8.94 Å². The number of hydrogen-bond acceptors (Lipinski definition) is 6. The van der Waals surface area contributed by atoms with Gasteiger partial charge in [-0.05, 0) is 32.4 Å². The van der Waals surface area contributed by atoms with Crippen LogP contribution >= 0.6 is 0 Å². The van der Waals surface area contributed by atoms with Crippen LogP contribution in [0.3, 0.4) is 0 Å². The second-order valence-electron chi connectivity index (χ2n) is 5.01. The Kier molecular flexibility index (Phi) is 3.46. The third kappa shape index (κ3) is 2.73. The predicted molar refractivity (Wildman–Crippen MR) is 78.4 cm³/mol. The van der Waals surface area contributed by atoms with Crippen LogP contribution in [0.1, 0.15) is 27.4 Å². The first-order valence-electron chi connectivity index (χ1n) is 6.69. The van der Waals surface area contributed by atoms with Crippen LogP contribution in [0.25, 0.3) is 11.5 Å². The highest BCUT2D eigenvalue weighted by atomic mass is 16.5. The van der Waals surface area contributed by atoms with Crippen LogP contribution in [0.5, 0.6) is 0 Å². The van der Waals surface area contributed by atoms with Crippen LogP contribution < -0.4 is 5.32 Å². The number of amides is 1. The van der Waals surface area contributed by atoms with E-state index >= 15 is 0 Å². The summed E-state index contributed by atoms with van der Waals surface area (Å²) in [6.45, 7) is 5.64. The molecule has 3 rings (SSSR count). The van der Waals surface area contributed by atoms with E-state index in [1.165, 1.54) is 6.07 Å². The summed E-state index contributed by atoms with van der Waals surface area (Å²) in [4.78, 5) is 11.9. The van der Waals surface area contributed by atoms with Gasteiger partial charge in [-0.25, -0.2) is 0 Å². The van der Waals surface area contributed by atoms with Crippen molar-refractivity contribution in [2.75, 3.05) is 5.32 Å². The van der Waals surface area contributed by atoms with Crippen molar-refractivity contribution in [3.8, 4) is 11.5 Å². The van der Waals surface area contributed by atoms with Gasteiger partial charge < -0.3 is 8.94 Å². The van der Waals surface area contributed by atoms with E-state index < -0.39 is 5.91 Å². The van der Waals surface area contributed by atoms with Gasteiger partial charge in [0, 0.05) is 11.6 Å². The number of carbonyl (C=O) groups is 1. The van der Waals surface area contributed by atoms with Gasteiger partial charge in [0.15, 0.2) is 5.69 Å². The fourth-order valence-electron chi connectivity index (χ4n) is 1.98. The number of aromatic nitrogens is 3. The number of rotatable bonds is 3. The Bertz CT molecular complexity index is 835. The highest BCUT2D eigenvalue weighted by molar-refractivity contribution is 6.01. The van der Waals surface area contributed by atoms with Crippen LogP contribution in [0, 0.1) is 20.8 Å². The van der Waals surface area contributed by atoms with Gasteiger partial charge in [-0.1, -0.05) is 28.0 Å². The largest absolute Gasteiger partial charge is 0.403 e. The van der Waals surface area contributed by atoms with Crippen molar-refractivity contribution in [1.82, 2.24) is 15.4 Å². The molecular formula is C15H14N4O3. The van der Waals surface area contributed by atoms with Gasteiger partial charge in [-0.2, -0.15) is 0 Å². The molecule has 0 aliphatic rings. The molecule has 0 bridgehead atoms. The van der Waals surface area contributed by atoms with Crippen LogP contribution in [0.2, 0.25) is 0 Å². The Labute approximate surface area is 126 Å². The third-order valence-electron chi connectivity index (χ3n) is 3.13. The molecule has 0 unspecified atom stereocenters. The van der Waals surface area contributed by atoms with Gasteiger partial charge in [0.1, 0.15) is 5.76 Å². The first-order valence-corrected chi connectivity index (χ1v) is 6.69. The molecule has 0 atom stereocenters. The fraction of sp³-hybridized carbons (Fsp3) is 0.200. The molecule has 0 spiro atoms. The summed E-state index contributed by atoms with van der Waals surface area (Å²) < 4.78 is 10.3. The van der Waals surface area contributed by atoms with Crippen LogP contribution in [0.15, 0.2) is 33.2 Å². The summed E-state index contributed by atoms with van der Waals surface area (Å²) in [5, 5.41) is 13.9. The van der Waals surface area contributed by atoms with E-state index in [0.29, 0.717) is 11.7 Å². The Hall–Kier alpha value is -2.96. The molecule has 0 saturated heterocycles. The molecule has 0 radical (unpaired) electrons. The van der Waals surface area contributed by atoms with Gasteiger partial charge in [0.25, 0.3) is 5.91 Å². The van der Waals surface area contributed by atoms with E-state index in [-0.39, 0.29) is 11.7 Å². The predicted octanol–water partition coefficient (Wildman–Crippen LogP) is 2.90. The summed E-state index contributed by atoms with van der Waals surface area (Å²) in [5.41, 5.74) is 3.09. The number of nitrogens with one attached hydrogen (secondary N) is 1. The molecule has 7 heteroatoms. The number of anilines is 1. The SMILES string of the molecule is Cc1ccc(C)c(-c2nnc(NC(=O)c3cc(C)on3)o2)c1. The van der Waals surface area contributed by atoms with Crippen molar-refractivity contribution in [3.05, 3.63) is 46.8 Å². The van der Waals surface area contributed by atoms with Crippen molar-refractivity contribution in [2.24, 2.45) is 0 Å². The molecule has 0 aliphatic heterocycles. The first kappa shape index (κ1) is 14.0. The maximum absolute atomic E-state index is 11.9. The van der Waals surface area contributed by atoms with Crippen molar-refractivity contribution < 1.29 is 13.7 Å². The van der Waals surface area contributed by atoms with Crippen molar-refractivity contribution in [2.45, 2.75) is 20.8 Å². The number of carbonyl (C=O) groups excluding carboxylic acids is 1. The molecule has 1 N–H and O–H groups in total. The Morgan fingerprint density at radius 1 is 1.14 bits per heavy atom. The topological polar surface area (TPSA) is 94.1 Å². The smallest absolute Gasteiger partial charge is 0.322 e. The zero-order chi connectivity index (χ0) is 15.7. The molecule has 22 heavy (non-hydrogen) atoms. The molecule has 0 aliphatic carbocycles. The molecular weight excluding hydrogens is 284 g/mol. The summed E-state index contributed by atoms with van der Waals surface area (Å²) >= 11 is 0. The summed E-state index contributed by atoms with van der Waals surface area (Å²) in [5.74, 6) is 0.438. The normalized spacial score (nSPS) is 10.7. The lowest BCUT2D eigenvalue weighted by atomic mass is 10.1. The lowest BCUT2D eigenvalue weighted by molar-refractivity contribution is 0.101. The van der Waals surface area contributed by atoms with Crippen molar-refractivity contribution >= 4 is 11.9 Å². The van der Waals surface area contributed by atoms with E-state index in [0.717, 1.165) is 16.7 Å². The fourth-order valence-corrected chi connectivity index (χ4v) is 1.98. The van der Waals surface area contributed by atoms with Crippen LogP contribution in [0.4, 0.5) is 6.01 Å². The molecule has 0 fully saturated rings. The van der Waals surface area contributed by atoms with Gasteiger partial charge in [0.05, 0.1) is 0 Å². The Balaban J connectivity index is 1.82. The van der Waals surface area contributed by atoms with Crippen molar-refractivity contribution in [1.29, 1.82) is 0 Å². The average molecular weight is 298 g/mol. The molecule has 2 aromatic heterocycles. The number of benzene rings is 1. The zero-order valence-corrected chi connectivity index (χ0v) is 12.4. The number of aryl methyl sites for hydroxylation is 3. The summed E-state index contributed by atoms with van der Waals surface area (Å²) in [6, 6.07) is 7.48.